The smallest absolute Gasteiger partial charge is 0.187 e. The molecule has 5 N–H and O–H groups in total. The van der Waals surface area contributed by atoms with E-state index in [0.29, 0.717) is 12.8 Å². The maximum Gasteiger partial charge on any atom is 0.187 e. The zero-order valence-corrected chi connectivity index (χ0v) is 17.7. The highest BCUT2D eigenvalue weighted by atomic mass is 16.7. The van der Waals surface area contributed by atoms with Crippen LogP contribution in [0.25, 0.3) is 0 Å². The van der Waals surface area contributed by atoms with Crippen molar-refractivity contribution in [3.05, 3.63) is 11.6 Å². The lowest BCUT2D eigenvalue weighted by Gasteiger charge is -2.46. The van der Waals surface area contributed by atoms with Gasteiger partial charge in [-0.25, -0.2) is 0 Å². The molecule has 0 aromatic carbocycles. The summed E-state index contributed by atoms with van der Waals surface area (Å²) >= 11 is 0. The molecule has 7 heteroatoms. The maximum atomic E-state index is 10.7. The second-order valence-corrected chi connectivity index (χ2v) is 9.24. The van der Waals surface area contributed by atoms with Crippen LogP contribution in [0.3, 0.4) is 0 Å². The summed E-state index contributed by atoms with van der Waals surface area (Å²) in [7, 11) is 0. The normalized spacial score (nSPS) is 43.6. The molecule has 0 unspecified atom stereocenters. The van der Waals surface area contributed by atoms with Crippen molar-refractivity contribution in [3.63, 3.8) is 0 Å². The molecule has 2 rings (SSSR count). The van der Waals surface area contributed by atoms with Gasteiger partial charge in [0.2, 0.25) is 0 Å². The summed E-state index contributed by atoms with van der Waals surface area (Å²) in [6.45, 7) is 9.36. The first-order chi connectivity index (χ1) is 12.9. The van der Waals surface area contributed by atoms with Crippen molar-refractivity contribution in [2.24, 2.45) is 11.8 Å². The van der Waals surface area contributed by atoms with E-state index in [1.807, 2.05) is 34.6 Å². The molecular weight excluding hydrogens is 364 g/mol. The van der Waals surface area contributed by atoms with Gasteiger partial charge in [0.05, 0.1) is 17.8 Å². The number of allylic oxidation sites excluding steroid dienone is 2. The Morgan fingerprint density at radius 3 is 2.36 bits per heavy atom. The van der Waals surface area contributed by atoms with Crippen molar-refractivity contribution < 1.29 is 35.0 Å². The van der Waals surface area contributed by atoms with Crippen LogP contribution in [-0.4, -0.2) is 74.0 Å². The van der Waals surface area contributed by atoms with Gasteiger partial charge in [0.15, 0.2) is 6.29 Å². The molecule has 0 spiro atoms. The van der Waals surface area contributed by atoms with Gasteiger partial charge in [0, 0.05) is 0 Å². The number of ether oxygens (including phenoxy) is 2. The van der Waals surface area contributed by atoms with Crippen molar-refractivity contribution in [2.75, 3.05) is 6.61 Å². The van der Waals surface area contributed by atoms with Crippen LogP contribution < -0.4 is 0 Å². The van der Waals surface area contributed by atoms with Crippen LogP contribution in [-0.2, 0) is 9.47 Å². The van der Waals surface area contributed by atoms with E-state index in [-0.39, 0.29) is 11.8 Å². The summed E-state index contributed by atoms with van der Waals surface area (Å²) in [5.41, 5.74) is -0.317. The Hall–Kier alpha value is -0.540. The second-order valence-electron chi connectivity index (χ2n) is 9.24. The van der Waals surface area contributed by atoms with Crippen molar-refractivity contribution in [1.82, 2.24) is 0 Å². The molecule has 0 aromatic rings. The first kappa shape index (κ1) is 23.7. The van der Waals surface area contributed by atoms with E-state index < -0.39 is 48.5 Å². The molecule has 0 bridgehead atoms. The summed E-state index contributed by atoms with van der Waals surface area (Å²) in [6.07, 6.45) is -1.53. The molecule has 0 radical (unpaired) electrons. The highest BCUT2D eigenvalue weighted by molar-refractivity contribution is 5.03. The minimum atomic E-state index is -1.47. The minimum Gasteiger partial charge on any atom is -0.394 e. The molecular formula is C21H38O7. The topological polar surface area (TPSA) is 120 Å². The van der Waals surface area contributed by atoms with E-state index in [1.165, 1.54) is 5.57 Å². The average molecular weight is 403 g/mol. The van der Waals surface area contributed by atoms with Crippen LogP contribution in [0.15, 0.2) is 11.6 Å². The molecule has 2 fully saturated rings. The number of aliphatic hydroxyl groups is 5. The van der Waals surface area contributed by atoms with Crippen LogP contribution in [0, 0.1) is 11.8 Å². The Kier molecular flexibility index (Phi) is 7.70. The van der Waals surface area contributed by atoms with Crippen molar-refractivity contribution in [3.8, 4) is 0 Å². The van der Waals surface area contributed by atoms with Gasteiger partial charge in [-0.2, -0.15) is 0 Å². The van der Waals surface area contributed by atoms with E-state index in [1.54, 1.807) is 0 Å². The fourth-order valence-corrected chi connectivity index (χ4v) is 4.60. The third-order valence-corrected chi connectivity index (χ3v) is 6.76. The average Bonchev–Trinajstić information content (AvgIpc) is 2.89. The summed E-state index contributed by atoms with van der Waals surface area (Å²) in [5.74, 6) is 0.00882. The SMILES string of the molecule is CC(C)=CCC[C@@](C)(O[C@H]1O[C@@H](CO)[C@@H](O)[C@@H](O)[C@H]1O)[C@H]1CC[C@@](C)(O)[C@@H]1C. The monoisotopic (exact) mass is 402 g/mol. The molecule has 1 aliphatic heterocycles. The van der Waals surface area contributed by atoms with Crippen LogP contribution in [0.1, 0.15) is 60.3 Å². The standard InChI is InChI=1S/C21H38O7/c1-12(2)7-6-9-21(5,14-8-10-20(4,26)13(14)3)28-19-18(25)17(24)16(23)15(11-22)27-19/h7,13-19,22-26H,6,8-11H2,1-5H3/t13-,14+,15+,16-,17-,18-,19-,20-,21-/m1/s1. The Morgan fingerprint density at radius 2 is 1.86 bits per heavy atom. The number of aliphatic hydroxyl groups excluding tert-OH is 4. The van der Waals surface area contributed by atoms with Gasteiger partial charge in [0.1, 0.15) is 24.4 Å². The summed E-state index contributed by atoms with van der Waals surface area (Å²) in [5, 5.41) is 50.6. The number of hydrogen-bond donors (Lipinski definition) is 5. The van der Waals surface area contributed by atoms with E-state index in [2.05, 4.69) is 6.08 Å². The highest BCUT2D eigenvalue weighted by Gasteiger charge is 2.53. The summed E-state index contributed by atoms with van der Waals surface area (Å²) in [6, 6.07) is 0. The molecule has 28 heavy (non-hydrogen) atoms. The van der Waals surface area contributed by atoms with Crippen LogP contribution in [0.5, 0.6) is 0 Å². The quantitative estimate of drug-likeness (QED) is 0.405. The molecule has 1 heterocycles. The van der Waals surface area contributed by atoms with Crippen molar-refractivity contribution >= 4 is 0 Å². The lowest BCUT2D eigenvalue weighted by Crippen LogP contribution is -2.61. The maximum absolute atomic E-state index is 10.7. The molecule has 0 aromatic heterocycles. The first-order valence-corrected chi connectivity index (χ1v) is 10.3. The molecule has 9 atom stereocenters. The zero-order valence-electron chi connectivity index (χ0n) is 17.7. The third-order valence-electron chi connectivity index (χ3n) is 6.76. The molecule has 1 aliphatic carbocycles. The van der Waals surface area contributed by atoms with Crippen molar-refractivity contribution in [1.29, 1.82) is 0 Å². The van der Waals surface area contributed by atoms with E-state index >= 15 is 0 Å². The lowest BCUT2D eigenvalue weighted by molar-refractivity contribution is -0.333. The minimum absolute atomic E-state index is 0.0194. The van der Waals surface area contributed by atoms with Gasteiger partial charge in [-0.15, -0.1) is 0 Å². The lowest BCUT2D eigenvalue weighted by atomic mass is 9.76. The Labute approximate surface area is 168 Å². The predicted octanol–water partition coefficient (Wildman–Crippen LogP) is 1.11. The Bertz CT molecular complexity index is 543. The molecule has 2 aliphatic rings. The number of rotatable bonds is 7. The van der Waals surface area contributed by atoms with Crippen LogP contribution in [0.4, 0.5) is 0 Å². The van der Waals surface area contributed by atoms with Gasteiger partial charge in [0.25, 0.3) is 0 Å². The third kappa shape index (κ3) is 4.95. The fraction of sp³-hybridized carbons (Fsp3) is 0.905. The Morgan fingerprint density at radius 1 is 1.21 bits per heavy atom. The fourth-order valence-electron chi connectivity index (χ4n) is 4.60. The summed E-state index contributed by atoms with van der Waals surface area (Å²) in [4.78, 5) is 0. The molecule has 7 nitrogen and oxygen atoms in total. The number of hydrogen-bond acceptors (Lipinski definition) is 7. The van der Waals surface area contributed by atoms with Crippen LogP contribution in [0.2, 0.25) is 0 Å². The Balaban J connectivity index is 2.25. The largest absolute Gasteiger partial charge is 0.394 e. The van der Waals surface area contributed by atoms with E-state index in [4.69, 9.17) is 9.47 Å². The van der Waals surface area contributed by atoms with Gasteiger partial charge in [-0.3, -0.25) is 0 Å². The van der Waals surface area contributed by atoms with Gasteiger partial charge in [-0.1, -0.05) is 18.6 Å². The van der Waals surface area contributed by atoms with E-state index in [0.717, 1.165) is 12.8 Å². The van der Waals surface area contributed by atoms with Gasteiger partial charge in [-0.05, 0) is 65.2 Å². The van der Waals surface area contributed by atoms with Crippen LogP contribution >= 0.6 is 0 Å². The molecule has 164 valence electrons. The first-order valence-electron chi connectivity index (χ1n) is 10.3. The molecule has 1 saturated carbocycles. The second kappa shape index (κ2) is 9.08. The van der Waals surface area contributed by atoms with Gasteiger partial charge >= 0.3 is 0 Å². The molecule has 1 saturated heterocycles. The zero-order chi connectivity index (χ0) is 21.3. The van der Waals surface area contributed by atoms with Gasteiger partial charge < -0.3 is 35.0 Å². The summed E-state index contributed by atoms with van der Waals surface area (Å²) < 4.78 is 11.9. The highest BCUT2D eigenvalue weighted by Crippen LogP contribution is 2.48. The predicted molar refractivity (Wildman–Crippen MR) is 104 cm³/mol. The van der Waals surface area contributed by atoms with Crippen molar-refractivity contribution in [2.45, 2.75) is 102 Å². The molecule has 0 amide bonds. The van der Waals surface area contributed by atoms with E-state index in [9.17, 15) is 25.5 Å².